The predicted octanol–water partition coefficient (Wildman–Crippen LogP) is 2.25. The van der Waals surface area contributed by atoms with Crippen LogP contribution in [-0.2, 0) is 6.54 Å². The summed E-state index contributed by atoms with van der Waals surface area (Å²) in [6.07, 6.45) is 1.83. The van der Waals surface area contributed by atoms with Gasteiger partial charge in [0.1, 0.15) is 0 Å². The van der Waals surface area contributed by atoms with E-state index in [1.165, 1.54) is 0 Å². The smallest absolute Gasteiger partial charge is 0.271 e. The normalized spacial score (nSPS) is 9.48. The Morgan fingerprint density at radius 2 is 1.90 bits per heavy atom. The van der Waals surface area contributed by atoms with E-state index in [0.717, 1.165) is 18.7 Å². The Balaban J connectivity index is 0. The number of nitrogens with one attached hydrogen (secondary N) is 1. The summed E-state index contributed by atoms with van der Waals surface area (Å²) in [5.41, 5.74) is 7.80. The number of halogens is 3. The maximum absolute atomic E-state index is 11.9. The molecule has 0 atom stereocenters. The van der Waals surface area contributed by atoms with Crippen molar-refractivity contribution in [1.29, 1.82) is 0 Å². The van der Waals surface area contributed by atoms with Crippen molar-refractivity contribution in [1.82, 2.24) is 14.7 Å². The first kappa shape index (κ1) is 22.1. The van der Waals surface area contributed by atoms with Gasteiger partial charge >= 0.3 is 0 Å². The Hall–Kier alpha value is -1.14. The Kier molecular flexibility index (Phi) is 10.3. The lowest BCUT2D eigenvalue weighted by Gasteiger charge is -2.09. The van der Waals surface area contributed by atoms with E-state index in [0.29, 0.717) is 11.3 Å². The third-order valence-corrected chi connectivity index (χ3v) is 2.76. The summed E-state index contributed by atoms with van der Waals surface area (Å²) in [6.45, 7) is 1.63. The zero-order valence-electron chi connectivity index (χ0n) is 11.9. The van der Waals surface area contributed by atoms with E-state index in [1.54, 1.807) is 16.8 Å². The molecule has 1 aromatic heterocycles. The van der Waals surface area contributed by atoms with Gasteiger partial charge in [-0.25, -0.2) is 0 Å². The molecule has 5 nitrogen and oxygen atoms in total. The fourth-order valence-corrected chi connectivity index (χ4v) is 1.78. The number of likely N-dealkylation sites (N-methyl/N-ethyl adjacent to an activating group) is 1. The predicted molar refractivity (Wildman–Crippen MR) is 95.2 cm³/mol. The van der Waals surface area contributed by atoms with Gasteiger partial charge in [-0.2, -0.15) is 0 Å². The molecule has 8 heteroatoms. The fraction of sp³-hybridized carbons (Fsp3) is 0.308. The largest absolute Gasteiger partial charge is 0.399 e. The van der Waals surface area contributed by atoms with Crippen molar-refractivity contribution >= 4 is 42.9 Å². The number of anilines is 1. The molecular weight excluding hydrogens is 335 g/mol. The maximum Gasteiger partial charge on any atom is 0.271 e. The number of H-pyrrole nitrogens is 1. The SMILES string of the molecule is CN(C)CCn1cc(-c2cccc(N)c2)c(=O)[nH]1.Cl.Cl.Cl. The Morgan fingerprint density at radius 3 is 2.48 bits per heavy atom. The van der Waals surface area contributed by atoms with Gasteiger partial charge in [0, 0.05) is 18.4 Å². The summed E-state index contributed by atoms with van der Waals surface area (Å²) in [7, 11) is 4.00. The highest BCUT2D eigenvalue weighted by Crippen LogP contribution is 2.17. The van der Waals surface area contributed by atoms with E-state index in [2.05, 4.69) is 10.00 Å². The lowest BCUT2D eigenvalue weighted by molar-refractivity contribution is 0.372. The van der Waals surface area contributed by atoms with Crippen LogP contribution in [0.25, 0.3) is 11.1 Å². The summed E-state index contributed by atoms with van der Waals surface area (Å²) >= 11 is 0. The van der Waals surface area contributed by atoms with E-state index in [1.807, 2.05) is 32.4 Å². The fourth-order valence-electron chi connectivity index (χ4n) is 1.78. The monoisotopic (exact) mass is 354 g/mol. The molecule has 0 aliphatic heterocycles. The molecule has 1 heterocycles. The molecule has 0 saturated heterocycles. The minimum atomic E-state index is -0.0839. The Morgan fingerprint density at radius 1 is 1.24 bits per heavy atom. The molecule has 0 aliphatic carbocycles. The minimum absolute atomic E-state index is 0. The van der Waals surface area contributed by atoms with E-state index in [-0.39, 0.29) is 42.8 Å². The van der Waals surface area contributed by atoms with Gasteiger partial charge in [-0.1, -0.05) is 12.1 Å². The first-order valence-corrected chi connectivity index (χ1v) is 5.86. The Labute approximate surface area is 142 Å². The van der Waals surface area contributed by atoms with Crippen molar-refractivity contribution in [2.24, 2.45) is 0 Å². The molecule has 0 fully saturated rings. The van der Waals surface area contributed by atoms with Crippen molar-refractivity contribution < 1.29 is 0 Å². The van der Waals surface area contributed by atoms with Gasteiger partial charge in [0.25, 0.3) is 5.56 Å². The van der Waals surface area contributed by atoms with Crippen LogP contribution in [0.5, 0.6) is 0 Å². The molecule has 21 heavy (non-hydrogen) atoms. The topological polar surface area (TPSA) is 67.0 Å². The standard InChI is InChI=1S/C13H18N4O.3ClH/c1-16(2)6-7-17-9-12(13(18)15-17)10-4-3-5-11(14)8-10;;;/h3-5,8-9H,6-7,14H2,1-2H3,(H,15,18);3*1H. The number of benzene rings is 1. The van der Waals surface area contributed by atoms with Crippen LogP contribution in [0.1, 0.15) is 0 Å². The third-order valence-electron chi connectivity index (χ3n) is 2.76. The zero-order valence-corrected chi connectivity index (χ0v) is 14.4. The molecule has 2 rings (SSSR count). The van der Waals surface area contributed by atoms with Crippen molar-refractivity contribution in [3.8, 4) is 11.1 Å². The van der Waals surface area contributed by atoms with Crippen molar-refractivity contribution in [2.45, 2.75) is 6.54 Å². The van der Waals surface area contributed by atoms with E-state index in [4.69, 9.17) is 5.73 Å². The number of aromatic nitrogens is 2. The van der Waals surface area contributed by atoms with Crippen LogP contribution in [0.2, 0.25) is 0 Å². The third kappa shape index (κ3) is 6.01. The van der Waals surface area contributed by atoms with Crippen LogP contribution < -0.4 is 11.3 Å². The van der Waals surface area contributed by atoms with Gasteiger partial charge in [0.2, 0.25) is 0 Å². The summed E-state index contributed by atoms with van der Waals surface area (Å²) in [5, 5.41) is 2.81. The summed E-state index contributed by atoms with van der Waals surface area (Å²) in [4.78, 5) is 13.9. The van der Waals surface area contributed by atoms with Gasteiger partial charge in [0.05, 0.1) is 12.1 Å². The van der Waals surface area contributed by atoms with Crippen LogP contribution in [0.3, 0.4) is 0 Å². The molecule has 0 bridgehead atoms. The highest BCUT2D eigenvalue weighted by atomic mass is 35.5. The van der Waals surface area contributed by atoms with Gasteiger partial charge in [0.15, 0.2) is 0 Å². The van der Waals surface area contributed by atoms with E-state index < -0.39 is 0 Å². The van der Waals surface area contributed by atoms with Gasteiger partial charge < -0.3 is 10.6 Å². The van der Waals surface area contributed by atoms with Crippen molar-refractivity contribution in [2.75, 3.05) is 26.4 Å². The zero-order chi connectivity index (χ0) is 13.1. The van der Waals surface area contributed by atoms with Crippen LogP contribution in [0.15, 0.2) is 35.3 Å². The summed E-state index contributed by atoms with van der Waals surface area (Å²) in [5.74, 6) is 0. The summed E-state index contributed by atoms with van der Waals surface area (Å²) < 4.78 is 1.81. The number of nitrogen functional groups attached to an aromatic ring is 1. The second kappa shape index (κ2) is 9.73. The molecule has 1 aromatic carbocycles. The number of nitrogens with zero attached hydrogens (tertiary/aromatic N) is 2. The molecule has 0 saturated carbocycles. The van der Waals surface area contributed by atoms with Crippen molar-refractivity contribution in [3.05, 3.63) is 40.8 Å². The number of rotatable bonds is 4. The first-order valence-electron chi connectivity index (χ1n) is 5.86. The quantitative estimate of drug-likeness (QED) is 0.827. The van der Waals surface area contributed by atoms with E-state index in [9.17, 15) is 4.79 Å². The molecule has 3 N–H and O–H groups in total. The molecule has 120 valence electrons. The van der Waals surface area contributed by atoms with Crippen molar-refractivity contribution in [3.63, 3.8) is 0 Å². The molecule has 0 radical (unpaired) electrons. The number of aromatic amines is 1. The number of hydrogen-bond donors (Lipinski definition) is 2. The maximum atomic E-state index is 11.9. The van der Waals surface area contributed by atoms with Gasteiger partial charge in [-0.15, -0.1) is 37.2 Å². The van der Waals surface area contributed by atoms with Gasteiger partial charge in [-0.3, -0.25) is 14.6 Å². The molecular formula is C13H21Cl3N4O. The van der Waals surface area contributed by atoms with Gasteiger partial charge in [-0.05, 0) is 31.8 Å². The molecule has 0 aliphatic rings. The highest BCUT2D eigenvalue weighted by Gasteiger charge is 2.07. The molecule has 0 unspecified atom stereocenters. The average molecular weight is 356 g/mol. The average Bonchev–Trinajstić information content (AvgIpc) is 2.68. The summed E-state index contributed by atoms with van der Waals surface area (Å²) in [6, 6.07) is 7.35. The van der Waals surface area contributed by atoms with Crippen LogP contribution in [0.4, 0.5) is 5.69 Å². The first-order chi connectivity index (χ1) is 8.56. The minimum Gasteiger partial charge on any atom is -0.399 e. The second-order valence-electron chi connectivity index (χ2n) is 4.61. The molecule has 2 aromatic rings. The van der Waals surface area contributed by atoms with Crippen LogP contribution in [-0.4, -0.2) is 35.3 Å². The lowest BCUT2D eigenvalue weighted by Crippen LogP contribution is -2.19. The lowest BCUT2D eigenvalue weighted by atomic mass is 10.1. The van der Waals surface area contributed by atoms with E-state index >= 15 is 0 Å². The molecule has 0 amide bonds. The van der Waals surface area contributed by atoms with Crippen LogP contribution >= 0.6 is 37.2 Å². The number of nitrogens with two attached hydrogens (primary N) is 1. The highest BCUT2D eigenvalue weighted by molar-refractivity contribution is 5.86. The Bertz CT molecular complexity index is 595. The number of hydrogen-bond acceptors (Lipinski definition) is 3. The second-order valence-corrected chi connectivity index (χ2v) is 4.61. The molecule has 0 spiro atoms. The van der Waals surface area contributed by atoms with Crippen LogP contribution in [0, 0.1) is 0 Å².